The lowest BCUT2D eigenvalue weighted by molar-refractivity contribution is 0.531. The molecule has 0 spiro atoms. The minimum atomic E-state index is 0.553. The molecular weight excluding hydrogens is 208 g/mol. The zero-order valence-corrected chi connectivity index (χ0v) is 12.3. The summed E-state index contributed by atoms with van der Waals surface area (Å²) in [5, 5.41) is 6.84. The summed E-state index contributed by atoms with van der Waals surface area (Å²) in [4.78, 5) is 0. The Labute approximate surface area is 108 Å². The van der Waals surface area contributed by atoms with Gasteiger partial charge in [-0.05, 0) is 25.3 Å². The number of allylic oxidation sites excluding steroid dienone is 1. The van der Waals surface area contributed by atoms with Crippen molar-refractivity contribution < 1.29 is 0 Å². The SMILES string of the molecule is C=C(NCCCCCCCNC(C)C)C(C)C. The van der Waals surface area contributed by atoms with Gasteiger partial charge < -0.3 is 10.6 Å². The molecule has 0 radical (unpaired) electrons. The smallest absolute Gasteiger partial charge is 0.0143 e. The van der Waals surface area contributed by atoms with Crippen LogP contribution in [-0.4, -0.2) is 19.1 Å². The topological polar surface area (TPSA) is 24.1 Å². The van der Waals surface area contributed by atoms with Crippen LogP contribution in [-0.2, 0) is 0 Å². The van der Waals surface area contributed by atoms with Crippen molar-refractivity contribution in [2.75, 3.05) is 13.1 Å². The van der Waals surface area contributed by atoms with Crippen molar-refractivity contribution in [3.8, 4) is 0 Å². The fourth-order valence-electron chi connectivity index (χ4n) is 1.62. The summed E-state index contributed by atoms with van der Waals surface area (Å²) in [6, 6.07) is 0.626. The van der Waals surface area contributed by atoms with Crippen LogP contribution < -0.4 is 10.6 Å². The third-order valence-electron chi connectivity index (χ3n) is 2.96. The minimum absolute atomic E-state index is 0.553. The molecule has 17 heavy (non-hydrogen) atoms. The zero-order valence-electron chi connectivity index (χ0n) is 12.3. The molecule has 0 aromatic rings. The molecule has 0 aliphatic heterocycles. The number of hydrogen-bond acceptors (Lipinski definition) is 2. The lowest BCUT2D eigenvalue weighted by atomic mass is 10.1. The highest BCUT2D eigenvalue weighted by Crippen LogP contribution is 2.05. The molecule has 2 nitrogen and oxygen atoms in total. The molecule has 102 valence electrons. The summed E-state index contributed by atoms with van der Waals surface area (Å²) in [6.45, 7) is 15.0. The Morgan fingerprint density at radius 3 is 1.94 bits per heavy atom. The van der Waals surface area contributed by atoms with E-state index in [1.807, 2.05) is 0 Å². The van der Waals surface area contributed by atoms with Crippen molar-refractivity contribution >= 4 is 0 Å². The normalized spacial score (nSPS) is 11.2. The Morgan fingerprint density at radius 1 is 0.882 bits per heavy atom. The molecule has 0 aliphatic carbocycles. The standard InChI is InChI=1S/C15H32N2/c1-13(2)15(5)17-12-10-8-6-7-9-11-16-14(3)4/h13-14,16-17H,5-12H2,1-4H3. The molecule has 0 unspecified atom stereocenters. The quantitative estimate of drug-likeness (QED) is 0.538. The second-order valence-electron chi connectivity index (χ2n) is 5.48. The van der Waals surface area contributed by atoms with Crippen molar-refractivity contribution in [1.82, 2.24) is 10.6 Å². The average Bonchev–Trinajstić information content (AvgIpc) is 2.25. The van der Waals surface area contributed by atoms with Crippen LogP contribution in [0.4, 0.5) is 0 Å². The van der Waals surface area contributed by atoms with E-state index in [0.29, 0.717) is 12.0 Å². The maximum atomic E-state index is 4.01. The third kappa shape index (κ3) is 11.8. The molecule has 0 heterocycles. The van der Waals surface area contributed by atoms with Crippen molar-refractivity contribution in [3.05, 3.63) is 12.3 Å². The van der Waals surface area contributed by atoms with Crippen LogP contribution in [0.15, 0.2) is 12.3 Å². The predicted molar refractivity (Wildman–Crippen MR) is 78.2 cm³/mol. The third-order valence-corrected chi connectivity index (χ3v) is 2.96. The Bertz CT molecular complexity index is 185. The van der Waals surface area contributed by atoms with Gasteiger partial charge in [-0.2, -0.15) is 0 Å². The molecule has 0 saturated carbocycles. The highest BCUT2D eigenvalue weighted by molar-refractivity contribution is 4.93. The van der Waals surface area contributed by atoms with E-state index in [-0.39, 0.29) is 0 Å². The lowest BCUT2D eigenvalue weighted by Gasteiger charge is -2.12. The average molecular weight is 240 g/mol. The Hall–Kier alpha value is -0.500. The molecule has 0 saturated heterocycles. The molecule has 0 amide bonds. The second-order valence-corrected chi connectivity index (χ2v) is 5.48. The highest BCUT2D eigenvalue weighted by Gasteiger charge is 1.98. The molecular formula is C15H32N2. The molecule has 0 aliphatic rings. The summed E-state index contributed by atoms with van der Waals surface area (Å²) in [7, 11) is 0. The largest absolute Gasteiger partial charge is 0.389 e. The van der Waals surface area contributed by atoms with Gasteiger partial charge in [0.25, 0.3) is 0 Å². The summed E-state index contributed by atoms with van der Waals surface area (Å²) >= 11 is 0. The first-order valence-corrected chi connectivity index (χ1v) is 7.20. The van der Waals surface area contributed by atoms with E-state index in [2.05, 4.69) is 44.9 Å². The maximum Gasteiger partial charge on any atom is 0.0143 e. The van der Waals surface area contributed by atoms with Crippen LogP contribution in [0.3, 0.4) is 0 Å². The number of rotatable bonds is 11. The number of hydrogen-bond donors (Lipinski definition) is 2. The van der Waals surface area contributed by atoms with Crippen molar-refractivity contribution in [2.24, 2.45) is 5.92 Å². The molecule has 0 rings (SSSR count). The predicted octanol–water partition coefficient (Wildman–Crippen LogP) is 3.69. The second kappa shape index (κ2) is 10.6. The summed E-state index contributed by atoms with van der Waals surface area (Å²) < 4.78 is 0. The fraction of sp³-hybridized carbons (Fsp3) is 0.867. The molecule has 0 fully saturated rings. The zero-order chi connectivity index (χ0) is 13.1. The van der Waals surface area contributed by atoms with Crippen LogP contribution in [0, 0.1) is 5.92 Å². The first-order chi connectivity index (χ1) is 8.04. The van der Waals surface area contributed by atoms with Gasteiger partial charge in [0.15, 0.2) is 0 Å². The molecule has 0 atom stereocenters. The van der Waals surface area contributed by atoms with Crippen LogP contribution in [0.2, 0.25) is 0 Å². The van der Waals surface area contributed by atoms with Crippen molar-refractivity contribution in [2.45, 2.75) is 65.8 Å². The van der Waals surface area contributed by atoms with E-state index in [0.717, 1.165) is 6.54 Å². The molecule has 0 aromatic heterocycles. The van der Waals surface area contributed by atoms with E-state index in [1.165, 1.54) is 44.3 Å². The number of unbranched alkanes of at least 4 members (excludes halogenated alkanes) is 4. The van der Waals surface area contributed by atoms with Gasteiger partial charge in [0, 0.05) is 18.3 Å². The summed E-state index contributed by atoms with van der Waals surface area (Å²) in [5.41, 5.74) is 1.17. The molecule has 2 N–H and O–H groups in total. The van der Waals surface area contributed by atoms with Crippen LogP contribution in [0.1, 0.15) is 59.8 Å². The first-order valence-electron chi connectivity index (χ1n) is 7.20. The Kier molecular flexibility index (Phi) is 10.3. The van der Waals surface area contributed by atoms with Gasteiger partial charge in [0.05, 0.1) is 0 Å². The lowest BCUT2D eigenvalue weighted by Crippen LogP contribution is -2.23. The van der Waals surface area contributed by atoms with Gasteiger partial charge in [-0.15, -0.1) is 0 Å². The van der Waals surface area contributed by atoms with E-state index in [1.54, 1.807) is 0 Å². The van der Waals surface area contributed by atoms with Crippen LogP contribution in [0.5, 0.6) is 0 Å². The number of nitrogens with one attached hydrogen (secondary N) is 2. The van der Waals surface area contributed by atoms with E-state index < -0.39 is 0 Å². The van der Waals surface area contributed by atoms with Crippen LogP contribution >= 0.6 is 0 Å². The highest BCUT2D eigenvalue weighted by atomic mass is 14.9. The Balaban J connectivity index is 3.11. The van der Waals surface area contributed by atoms with Gasteiger partial charge >= 0.3 is 0 Å². The van der Waals surface area contributed by atoms with Crippen LogP contribution in [0.25, 0.3) is 0 Å². The van der Waals surface area contributed by atoms with Crippen molar-refractivity contribution in [1.29, 1.82) is 0 Å². The first kappa shape index (κ1) is 16.5. The monoisotopic (exact) mass is 240 g/mol. The molecule has 0 aromatic carbocycles. The summed E-state index contributed by atoms with van der Waals surface area (Å²) in [5.74, 6) is 0.553. The van der Waals surface area contributed by atoms with E-state index in [4.69, 9.17) is 0 Å². The molecule has 0 bridgehead atoms. The molecule has 2 heteroatoms. The van der Waals surface area contributed by atoms with E-state index >= 15 is 0 Å². The minimum Gasteiger partial charge on any atom is -0.389 e. The van der Waals surface area contributed by atoms with Crippen molar-refractivity contribution in [3.63, 3.8) is 0 Å². The van der Waals surface area contributed by atoms with E-state index in [9.17, 15) is 0 Å². The van der Waals surface area contributed by atoms with Gasteiger partial charge in [0.1, 0.15) is 0 Å². The Morgan fingerprint density at radius 2 is 1.41 bits per heavy atom. The maximum absolute atomic E-state index is 4.01. The van der Waals surface area contributed by atoms with Gasteiger partial charge in [-0.3, -0.25) is 0 Å². The summed E-state index contributed by atoms with van der Waals surface area (Å²) in [6.07, 6.45) is 6.62. The fourth-order valence-corrected chi connectivity index (χ4v) is 1.62. The van der Waals surface area contributed by atoms with Gasteiger partial charge in [-0.25, -0.2) is 0 Å². The van der Waals surface area contributed by atoms with Gasteiger partial charge in [0.2, 0.25) is 0 Å². The van der Waals surface area contributed by atoms with Gasteiger partial charge in [-0.1, -0.05) is 53.5 Å².